The third-order valence-corrected chi connectivity index (χ3v) is 4.09. The molecule has 0 aliphatic heterocycles. The van der Waals surface area contributed by atoms with Crippen molar-refractivity contribution in [2.75, 3.05) is 30.5 Å². The van der Waals surface area contributed by atoms with Gasteiger partial charge < -0.3 is 10.6 Å². The molecule has 0 heterocycles. The lowest BCUT2D eigenvalue weighted by Gasteiger charge is -2.20. The molecular formula is C13H21ClN2O2S. The van der Waals surface area contributed by atoms with Crippen LogP contribution in [0.3, 0.4) is 0 Å². The largest absolute Gasteiger partial charge is 0.374 e. The van der Waals surface area contributed by atoms with Gasteiger partial charge in [-0.1, -0.05) is 17.7 Å². The van der Waals surface area contributed by atoms with Crippen LogP contribution in [0.25, 0.3) is 0 Å². The molecule has 0 saturated carbocycles. The minimum Gasteiger partial charge on any atom is -0.374 e. The van der Waals surface area contributed by atoms with Crippen molar-refractivity contribution in [2.24, 2.45) is 5.73 Å². The van der Waals surface area contributed by atoms with Crippen LogP contribution in [0.5, 0.6) is 0 Å². The van der Waals surface area contributed by atoms with Crippen LogP contribution in [0.1, 0.15) is 12.5 Å². The summed E-state index contributed by atoms with van der Waals surface area (Å²) in [6.07, 6.45) is 1.96. The molecular weight excluding hydrogens is 284 g/mol. The predicted molar refractivity (Wildman–Crippen MR) is 81.8 cm³/mol. The summed E-state index contributed by atoms with van der Waals surface area (Å²) < 4.78 is 22.3. The van der Waals surface area contributed by atoms with Gasteiger partial charge in [-0.25, -0.2) is 8.42 Å². The van der Waals surface area contributed by atoms with Crippen molar-refractivity contribution in [3.63, 3.8) is 0 Å². The van der Waals surface area contributed by atoms with Crippen molar-refractivity contribution in [1.82, 2.24) is 0 Å². The number of sulfone groups is 1. The first-order valence-electron chi connectivity index (χ1n) is 6.12. The molecule has 0 fully saturated rings. The highest BCUT2D eigenvalue weighted by Gasteiger charge is 2.09. The van der Waals surface area contributed by atoms with Crippen molar-refractivity contribution in [2.45, 2.75) is 19.4 Å². The van der Waals surface area contributed by atoms with Crippen LogP contribution in [-0.4, -0.2) is 40.1 Å². The molecule has 1 atom stereocenters. The Morgan fingerprint density at radius 1 is 1.42 bits per heavy atom. The Morgan fingerprint density at radius 3 is 2.53 bits per heavy atom. The van der Waals surface area contributed by atoms with Crippen molar-refractivity contribution < 1.29 is 8.42 Å². The standard InChI is InChI=1S/C13H21ClN2O2S/c1-10(15)8-11-4-5-12(9-13(11)14)16(2)6-7-19(3,17)18/h4-5,9-10H,6-8,15H2,1-3H3. The van der Waals surface area contributed by atoms with Crippen molar-refractivity contribution in [1.29, 1.82) is 0 Å². The van der Waals surface area contributed by atoms with Gasteiger partial charge in [0.25, 0.3) is 0 Å². The molecule has 0 saturated heterocycles. The van der Waals surface area contributed by atoms with E-state index in [9.17, 15) is 8.42 Å². The van der Waals surface area contributed by atoms with E-state index in [1.54, 1.807) is 0 Å². The summed E-state index contributed by atoms with van der Waals surface area (Å²) >= 11 is 6.21. The van der Waals surface area contributed by atoms with E-state index in [0.29, 0.717) is 11.6 Å². The van der Waals surface area contributed by atoms with E-state index < -0.39 is 9.84 Å². The van der Waals surface area contributed by atoms with E-state index in [1.807, 2.05) is 37.1 Å². The van der Waals surface area contributed by atoms with Gasteiger partial charge in [-0.2, -0.15) is 0 Å². The Labute approximate surface area is 120 Å². The van der Waals surface area contributed by atoms with Crippen LogP contribution in [0, 0.1) is 0 Å². The second kappa shape index (κ2) is 6.59. The first kappa shape index (κ1) is 16.3. The highest BCUT2D eigenvalue weighted by atomic mass is 35.5. The maximum Gasteiger partial charge on any atom is 0.149 e. The summed E-state index contributed by atoms with van der Waals surface area (Å²) in [7, 11) is -1.10. The third kappa shape index (κ3) is 5.80. The highest BCUT2D eigenvalue weighted by Crippen LogP contribution is 2.24. The Hall–Kier alpha value is -0.780. The Bertz CT molecular complexity index is 529. The van der Waals surface area contributed by atoms with Gasteiger partial charge in [-0.15, -0.1) is 0 Å². The molecule has 1 rings (SSSR count). The number of hydrogen-bond donors (Lipinski definition) is 1. The topological polar surface area (TPSA) is 63.4 Å². The fraction of sp³-hybridized carbons (Fsp3) is 0.538. The first-order chi connectivity index (χ1) is 8.69. The summed E-state index contributed by atoms with van der Waals surface area (Å²) in [4.78, 5) is 1.88. The summed E-state index contributed by atoms with van der Waals surface area (Å²) in [6.45, 7) is 2.38. The fourth-order valence-corrected chi connectivity index (χ4v) is 2.58. The monoisotopic (exact) mass is 304 g/mol. The number of anilines is 1. The molecule has 6 heteroatoms. The zero-order chi connectivity index (χ0) is 14.6. The molecule has 0 amide bonds. The van der Waals surface area contributed by atoms with Gasteiger partial charge in [0.05, 0.1) is 5.75 Å². The average molecular weight is 305 g/mol. The molecule has 0 aromatic heterocycles. The molecule has 0 aliphatic carbocycles. The van der Waals surface area contributed by atoms with E-state index in [1.165, 1.54) is 6.26 Å². The Balaban J connectivity index is 2.77. The summed E-state index contributed by atoms with van der Waals surface area (Å²) in [5, 5.41) is 0.668. The van der Waals surface area contributed by atoms with E-state index in [0.717, 1.165) is 17.7 Å². The van der Waals surface area contributed by atoms with Gasteiger partial charge in [-0.3, -0.25) is 0 Å². The van der Waals surface area contributed by atoms with Crippen LogP contribution in [0.15, 0.2) is 18.2 Å². The summed E-state index contributed by atoms with van der Waals surface area (Å²) in [5.41, 5.74) is 7.67. The molecule has 0 radical (unpaired) electrons. The minimum absolute atomic E-state index is 0.0614. The van der Waals surface area contributed by atoms with Crippen LogP contribution in [0.4, 0.5) is 5.69 Å². The van der Waals surface area contributed by atoms with Gasteiger partial charge >= 0.3 is 0 Å². The lowest BCUT2D eigenvalue weighted by atomic mass is 10.1. The highest BCUT2D eigenvalue weighted by molar-refractivity contribution is 7.90. The van der Waals surface area contributed by atoms with Gasteiger partial charge in [0.2, 0.25) is 0 Å². The lowest BCUT2D eigenvalue weighted by Crippen LogP contribution is -2.25. The number of nitrogens with two attached hydrogens (primary N) is 1. The second-order valence-corrected chi connectivity index (χ2v) is 7.68. The Kier molecular flexibility index (Phi) is 5.64. The molecule has 19 heavy (non-hydrogen) atoms. The average Bonchev–Trinajstić information content (AvgIpc) is 2.27. The zero-order valence-electron chi connectivity index (χ0n) is 11.6. The molecule has 1 aromatic rings. The summed E-state index contributed by atoms with van der Waals surface area (Å²) in [5.74, 6) is 0.128. The normalized spacial score (nSPS) is 13.3. The molecule has 0 spiro atoms. The van der Waals surface area contributed by atoms with Gasteiger partial charge in [0, 0.05) is 36.6 Å². The fourth-order valence-electron chi connectivity index (χ4n) is 1.72. The van der Waals surface area contributed by atoms with Crippen molar-refractivity contribution in [3.8, 4) is 0 Å². The smallest absolute Gasteiger partial charge is 0.149 e. The number of nitrogens with zero attached hydrogens (tertiary/aromatic N) is 1. The Morgan fingerprint density at radius 2 is 2.05 bits per heavy atom. The van der Waals surface area contributed by atoms with E-state index in [2.05, 4.69) is 0 Å². The van der Waals surface area contributed by atoms with Gasteiger partial charge in [0.1, 0.15) is 9.84 Å². The van der Waals surface area contributed by atoms with E-state index in [-0.39, 0.29) is 11.8 Å². The van der Waals surface area contributed by atoms with Gasteiger partial charge in [-0.05, 0) is 31.0 Å². The number of hydrogen-bond acceptors (Lipinski definition) is 4. The molecule has 1 aromatic carbocycles. The quantitative estimate of drug-likeness (QED) is 0.869. The SMILES string of the molecule is CC(N)Cc1ccc(N(C)CCS(C)(=O)=O)cc1Cl. The van der Waals surface area contributed by atoms with Crippen molar-refractivity contribution in [3.05, 3.63) is 28.8 Å². The predicted octanol–water partition coefficient (Wildman–Crippen LogP) is 1.71. The zero-order valence-corrected chi connectivity index (χ0v) is 13.1. The maximum absolute atomic E-state index is 11.1. The maximum atomic E-state index is 11.1. The van der Waals surface area contributed by atoms with Crippen LogP contribution < -0.4 is 10.6 Å². The molecule has 4 nitrogen and oxygen atoms in total. The van der Waals surface area contributed by atoms with Crippen molar-refractivity contribution >= 4 is 27.1 Å². The first-order valence-corrected chi connectivity index (χ1v) is 8.56. The molecule has 0 bridgehead atoms. The number of benzene rings is 1. The molecule has 2 N–H and O–H groups in total. The lowest BCUT2D eigenvalue weighted by molar-refractivity contribution is 0.601. The van der Waals surface area contributed by atoms with Crippen LogP contribution in [0.2, 0.25) is 5.02 Å². The van der Waals surface area contributed by atoms with Crippen LogP contribution in [-0.2, 0) is 16.3 Å². The summed E-state index contributed by atoms with van der Waals surface area (Å²) in [6, 6.07) is 5.79. The van der Waals surface area contributed by atoms with E-state index >= 15 is 0 Å². The molecule has 0 aliphatic rings. The minimum atomic E-state index is -2.95. The number of halogens is 1. The van der Waals surface area contributed by atoms with Crippen LogP contribution >= 0.6 is 11.6 Å². The van der Waals surface area contributed by atoms with E-state index in [4.69, 9.17) is 17.3 Å². The second-order valence-electron chi connectivity index (χ2n) is 5.01. The number of rotatable bonds is 6. The third-order valence-electron chi connectivity index (χ3n) is 2.82. The molecule has 1 unspecified atom stereocenters. The van der Waals surface area contributed by atoms with Gasteiger partial charge in [0.15, 0.2) is 0 Å². The molecule has 108 valence electrons.